The van der Waals surface area contributed by atoms with Crippen LogP contribution < -0.4 is 14.8 Å². The van der Waals surface area contributed by atoms with Crippen molar-refractivity contribution in [3.63, 3.8) is 0 Å². The Morgan fingerprint density at radius 2 is 1.85 bits per heavy atom. The fourth-order valence-electron chi connectivity index (χ4n) is 2.32. The van der Waals surface area contributed by atoms with E-state index in [-0.39, 0.29) is 16.8 Å². The Balaban J connectivity index is 2.16. The topological polar surface area (TPSA) is 84.5 Å². The van der Waals surface area contributed by atoms with Crippen LogP contribution in [0.3, 0.4) is 0 Å². The molecule has 0 aliphatic carbocycles. The fraction of sp³-hybridized carbons (Fsp3) is 0.316. The first-order valence-corrected chi connectivity index (χ1v) is 11.2. The lowest BCUT2D eigenvalue weighted by molar-refractivity contribution is 0.102. The predicted octanol–water partition coefficient (Wildman–Crippen LogP) is 3.75. The summed E-state index contributed by atoms with van der Waals surface area (Å²) >= 11 is 1.56. The molecule has 0 bridgehead atoms. The fourth-order valence-corrected chi connectivity index (χ4v) is 4.07. The first-order chi connectivity index (χ1) is 12.8. The van der Waals surface area contributed by atoms with Gasteiger partial charge in [0.2, 0.25) is 10.0 Å². The molecule has 0 aliphatic rings. The number of carbonyl (C=O) groups is 1. The van der Waals surface area contributed by atoms with Crippen molar-refractivity contribution < 1.29 is 17.9 Å². The zero-order valence-electron chi connectivity index (χ0n) is 15.8. The van der Waals surface area contributed by atoms with E-state index in [1.165, 1.54) is 19.2 Å². The highest BCUT2D eigenvalue weighted by atomic mass is 32.2. The molecule has 0 fully saturated rings. The van der Waals surface area contributed by atoms with Gasteiger partial charge in [0.15, 0.2) is 0 Å². The van der Waals surface area contributed by atoms with Crippen LogP contribution in [0.1, 0.15) is 30.6 Å². The second-order valence-corrected chi connectivity index (χ2v) is 8.57. The number of ether oxygens (including phenoxy) is 1. The Morgan fingerprint density at radius 1 is 1.19 bits per heavy atom. The zero-order chi connectivity index (χ0) is 20.0. The van der Waals surface area contributed by atoms with Crippen molar-refractivity contribution in [1.29, 1.82) is 0 Å². The number of amides is 1. The molecule has 146 valence electrons. The minimum absolute atomic E-state index is 0.147. The van der Waals surface area contributed by atoms with E-state index in [1.807, 2.05) is 26.2 Å². The van der Waals surface area contributed by atoms with Crippen molar-refractivity contribution in [3.8, 4) is 5.75 Å². The summed E-state index contributed by atoms with van der Waals surface area (Å²) in [5.41, 5.74) is 0.906. The van der Waals surface area contributed by atoms with E-state index in [4.69, 9.17) is 4.74 Å². The maximum Gasteiger partial charge on any atom is 0.259 e. The van der Waals surface area contributed by atoms with Gasteiger partial charge in [-0.25, -0.2) is 13.1 Å². The minimum atomic E-state index is -3.57. The van der Waals surface area contributed by atoms with Crippen molar-refractivity contribution in [2.75, 3.05) is 18.7 Å². The molecule has 6 nitrogen and oxygen atoms in total. The van der Waals surface area contributed by atoms with Gasteiger partial charge >= 0.3 is 0 Å². The van der Waals surface area contributed by atoms with Gasteiger partial charge < -0.3 is 10.1 Å². The normalized spacial score (nSPS) is 12.4. The van der Waals surface area contributed by atoms with Gasteiger partial charge in [-0.3, -0.25) is 4.79 Å². The van der Waals surface area contributed by atoms with E-state index in [0.29, 0.717) is 23.4 Å². The van der Waals surface area contributed by atoms with E-state index in [9.17, 15) is 13.2 Å². The van der Waals surface area contributed by atoms with E-state index in [0.717, 1.165) is 4.90 Å². The summed E-state index contributed by atoms with van der Waals surface area (Å²) in [6.45, 7) is 3.72. The molecule has 2 rings (SSSR count). The molecule has 1 unspecified atom stereocenters. The van der Waals surface area contributed by atoms with Gasteiger partial charge in [-0.2, -0.15) is 0 Å². The van der Waals surface area contributed by atoms with E-state index < -0.39 is 10.0 Å². The molecule has 0 saturated carbocycles. The molecule has 0 heterocycles. The van der Waals surface area contributed by atoms with Crippen LogP contribution in [-0.4, -0.2) is 33.7 Å². The van der Waals surface area contributed by atoms with Crippen molar-refractivity contribution in [3.05, 3.63) is 48.0 Å². The third-order valence-corrected chi connectivity index (χ3v) is 6.38. The average molecular weight is 409 g/mol. The van der Waals surface area contributed by atoms with Crippen LogP contribution in [0.4, 0.5) is 5.69 Å². The Kier molecular flexibility index (Phi) is 7.29. The second-order valence-electron chi connectivity index (χ2n) is 5.98. The molecular weight excluding hydrogens is 384 g/mol. The number of anilines is 1. The van der Waals surface area contributed by atoms with Gasteiger partial charge in [0.25, 0.3) is 5.91 Å². The largest absolute Gasteiger partial charge is 0.496 e. The molecule has 0 aliphatic heterocycles. The Bertz CT molecular complexity index is 896. The first-order valence-electron chi connectivity index (χ1n) is 8.46. The van der Waals surface area contributed by atoms with E-state index in [2.05, 4.69) is 10.0 Å². The average Bonchev–Trinajstić information content (AvgIpc) is 2.67. The van der Waals surface area contributed by atoms with Gasteiger partial charge in [0, 0.05) is 16.6 Å². The Hall–Kier alpha value is -2.03. The third-order valence-electron chi connectivity index (χ3n) is 4.04. The van der Waals surface area contributed by atoms with Crippen molar-refractivity contribution in [2.45, 2.75) is 36.1 Å². The third kappa shape index (κ3) is 5.47. The van der Waals surface area contributed by atoms with Crippen LogP contribution in [0.25, 0.3) is 0 Å². The van der Waals surface area contributed by atoms with Gasteiger partial charge in [0.1, 0.15) is 5.75 Å². The number of methoxy groups -OCH3 is 1. The maximum atomic E-state index is 12.5. The lowest BCUT2D eigenvalue weighted by atomic mass is 10.2. The van der Waals surface area contributed by atoms with Gasteiger partial charge in [0.05, 0.1) is 17.6 Å². The molecule has 0 aromatic heterocycles. The molecule has 0 spiro atoms. The summed E-state index contributed by atoms with van der Waals surface area (Å²) in [7, 11) is -2.06. The summed E-state index contributed by atoms with van der Waals surface area (Å²) in [5.74, 6) is 0.157. The number of hydrogen-bond acceptors (Lipinski definition) is 5. The van der Waals surface area contributed by atoms with E-state index in [1.54, 1.807) is 36.0 Å². The summed E-state index contributed by atoms with van der Waals surface area (Å²) < 4.78 is 32.5. The van der Waals surface area contributed by atoms with E-state index >= 15 is 0 Å². The number of rotatable bonds is 8. The standard InChI is InChI=1S/C19H24N2O4S2/c1-5-13(2)21-27(23,24)16-9-6-14(7-10-16)20-19(22)17-11-8-15(26-4)12-18(17)25-3/h6-13,21H,5H2,1-4H3,(H,20,22). The molecule has 0 radical (unpaired) electrons. The minimum Gasteiger partial charge on any atom is -0.496 e. The van der Waals surface area contributed by atoms with Crippen LogP contribution in [-0.2, 0) is 10.0 Å². The van der Waals surface area contributed by atoms with Crippen LogP contribution in [0.5, 0.6) is 5.75 Å². The highest BCUT2D eigenvalue weighted by molar-refractivity contribution is 7.98. The molecule has 1 amide bonds. The lowest BCUT2D eigenvalue weighted by Gasteiger charge is -2.13. The number of benzene rings is 2. The van der Waals surface area contributed by atoms with Crippen molar-refractivity contribution >= 4 is 33.4 Å². The van der Waals surface area contributed by atoms with Crippen molar-refractivity contribution in [2.24, 2.45) is 0 Å². The molecular formula is C19H24N2O4S2. The number of thioether (sulfide) groups is 1. The monoisotopic (exact) mass is 408 g/mol. The molecule has 1 atom stereocenters. The first kappa shape index (κ1) is 21.3. The summed E-state index contributed by atoms with van der Waals surface area (Å²) in [5, 5.41) is 2.76. The smallest absolute Gasteiger partial charge is 0.259 e. The second kappa shape index (κ2) is 9.25. The number of hydrogen-bond donors (Lipinski definition) is 2. The van der Waals surface area contributed by atoms with Gasteiger partial charge in [-0.05, 0) is 62.1 Å². The van der Waals surface area contributed by atoms with Crippen LogP contribution in [0.15, 0.2) is 52.3 Å². The zero-order valence-corrected chi connectivity index (χ0v) is 17.4. The van der Waals surface area contributed by atoms with Crippen molar-refractivity contribution in [1.82, 2.24) is 4.72 Å². The van der Waals surface area contributed by atoms with Crippen LogP contribution >= 0.6 is 11.8 Å². The summed E-state index contributed by atoms with van der Waals surface area (Å²) in [6, 6.07) is 11.3. The summed E-state index contributed by atoms with van der Waals surface area (Å²) in [6.07, 6.45) is 2.64. The lowest BCUT2D eigenvalue weighted by Crippen LogP contribution is -2.31. The van der Waals surface area contributed by atoms with Crippen LogP contribution in [0.2, 0.25) is 0 Å². The maximum absolute atomic E-state index is 12.5. The van der Waals surface area contributed by atoms with Gasteiger partial charge in [-0.15, -0.1) is 11.8 Å². The number of sulfonamides is 1. The molecule has 0 saturated heterocycles. The molecule has 8 heteroatoms. The van der Waals surface area contributed by atoms with Gasteiger partial charge in [-0.1, -0.05) is 6.92 Å². The molecule has 2 aromatic carbocycles. The number of nitrogens with one attached hydrogen (secondary N) is 2. The highest BCUT2D eigenvalue weighted by Gasteiger charge is 2.17. The molecule has 2 N–H and O–H groups in total. The molecule has 27 heavy (non-hydrogen) atoms. The summed E-state index contributed by atoms with van der Waals surface area (Å²) in [4.78, 5) is 13.7. The molecule has 2 aromatic rings. The number of carbonyl (C=O) groups excluding carboxylic acids is 1. The quantitative estimate of drug-likeness (QED) is 0.650. The van der Waals surface area contributed by atoms with Crippen LogP contribution in [0, 0.1) is 0 Å². The highest BCUT2D eigenvalue weighted by Crippen LogP contribution is 2.26. The predicted molar refractivity (Wildman–Crippen MR) is 109 cm³/mol. The Labute approximate surface area is 164 Å². The Morgan fingerprint density at radius 3 is 2.41 bits per heavy atom. The SMILES string of the molecule is CCC(C)NS(=O)(=O)c1ccc(NC(=O)c2ccc(SC)cc2OC)cc1.